The van der Waals surface area contributed by atoms with E-state index in [1.165, 1.54) is 12.1 Å². The van der Waals surface area contributed by atoms with Crippen molar-refractivity contribution in [1.82, 2.24) is 5.32 Å². The van der Waals surface area contributed by atoms with Gasteiger partial charge in [-0.15, -0.1) is 12.4 Å². The van der Waals surface area contributed by atoms with Gasteiger partial charge in [-0.1, -0.05) is 18.5 Å². The monoisotopic (exact) mass is 237 g/mol. The third-order valence-corrected chi connectivity index (χ3v) is 1.90. The van der Waals surface area contributed by atoms with Crippen LogP contribution in [-0.2, 0) is 6.54 Å². The molecule has 1 N–H and O–H groups in total. The lowest BCUT2D eigenvalue weighted by Gasteiger charge is -2.03. The standard InChI is InChI=1S/C10H13ClFN.ClH/c1-2-3-13-7-8-4-9(11)6-10(12)5-8;/h4-6,13H,2-3,7H2,1H3;1H. The van der Waals surface area contributed by atoms with Crippen molar-refractivity contribution in [2.24, 2.45) is 0 Å². The summed E-state index contributed by atoms with van der Waals surface area (Å²) in [6, 6.07) is 4.58. The number of halogens is 3. The Bertz CT molecular complexity index is 259. The maximum Gasteiger partial charge on any atom is 0.125 e. The summed E-state index contributed by atoms with van der Waals surface area (Å²) in [5, 5.41) is 3.63. The molecule has 4 heteroatoms. The van der Waals surface area contributed by atoms with E-state index in [9.17, 15) is 4.39 Å². The van der Waals surface area contributed by atoms with Crippen LogP contribution >= 0.6 is 24.0 Å². The minimum atomic E-state index is -0.277. The first-order valence-electron chi connectivity index (χ1n) is 4.38. The molecule has 0 aliphatic carbocycles. The Labute approximate surface area is 95.1 Å². The molecule has 0 aliphatic heterocycles. The molecule has 0 aliphatic rings. The Morgan fingerprint density at radius 2 is 2.07 bits per heavy atom. The van der Waals surface area contributed by atoms with E-state index in [0.29, 0.717) is 11.6 Å². The largest absolute Gasteiger partial charge is 0.313 e. The van der Waals surface area contributed by atoms with Gasteiger partial charge in [0.15, 0.2) is 0 Å². The average molecular weight is 238 g/mol. The molecule has 1 aromatic rings. The third kappa shape index (κ3) is 4.80. The number of hydrogen-bond donors (Lipinski definition) is 1. The number of benzene rings is 1. The van der Waals surface area contributed by atoms with E-state index in [0.717, 1.165) is 18.5 Å². The summed E-state index contributed by atoms with van der Waals surface area (Å²) >= 11 is 5.70. The maximum absolute atomic E-state index is 12.8. The second-order valence-electron chi connectivity index (χ2n) is 2.95. The van der Waals surface area contributed by atoms with Crippen LogP contribution in [0.2, 0.25) is 5.02 Å². The van der Waals surface area contributed by atoms with Gasteiger partial charge in [0.25, 0.3) is 0 Å². The number of hydrogen-bond acceptors (Lipinski definition) is 1. The van der Waals surface area contributed by atoms with Crippen LogP contribution in [0.15, 0.2) is 18.2 Å². The van der Waals surface area contributed by atoms with Crippen LogP contribution in [0.25, 0.3) is 0 Å². The highest BCUT2D eigenvalue weighted by atomic mass is 35.5. The lowest BCUT2D eigenvalue weighted by atomic mass is 10.2. The van der Waals surface area contributed by atoms with Gasteiger partial charge in [-0.25, -0.2) is 4.39 Å². The fourth-order valence-electron chi connectivity index (χ4n) is 1.12. The molecule has 0 saturated heterocycles. The summed E-state index contributed by atoms with van der Waals surface area (Å²) in [4.78, 5) is 0. The van der Waals surface area contributed by atoms with E-state index in [1.54, 1.807) is 6.07 Å². The topological polar surface area (TPSA) is 12.0 Å². The molecule has 0 fully saturated rings. The van der Waals surface area contributed by atoms with Crippen molar-refractivity contribution >= 4 is 24.0 Å². The van der Waals surface area contributed by atoms with Gasteiger partial charge in [0.2, 0.25) is 0 Å². The minimum absolute atomic E-state index is 0. The van der Waals surface area contributed by atoms with E-state index in [2.05, 4.69) is 12.2 Å². The van der Waals surface area contributed by atoms with Crippen LogP contribution < -0.4 is 5.32 Å². The van der Waals surface area contributed by atoms with Crippen LogP contribution in [0, 0.1) is 5.82 Å². The average Bonchev–Trinajstić information content (AvgIpc) is 2.03. The highest BCUT2D eigenvalue weighted by Gasteiger charge is 1.98. The first-order chi connectivity index (χ1) is 6.22. The lowest BCUT2D eigenvalue weighted by molar-refractivity contribution is 0.619. The quantitative estimate of drug-likeness (QED) is 0.792. The summed E-state index contributed by atoms with van der Waals surface area (Å²) in [7, 11) is 0. The molecule has 0 heterocycles. The molecule has 0 bridgehead atoms. The Balaban J connectivity index is 0.00000169. The van der Waals surface area contributed by atoms with Crippen molar-refractivity contribution in [2.45, 2.75) is 19.9 Å². The van der Waals surface area contributed by atoms with Gasteiger partial charge < -0.3 is 5.32 Å². The molecular formula is C10H14Cl2FN. The maximum atomic E-state index is 12.8. The van der Waals surface area contributed by atoms with E-state index in [-0.39, 0.29) is 18.2 Å². The molecule has 0 radical (unpaired) electrons. The molecule has 0 unspecified atom stereocenters. The SMILES string of the molecule is CCCNCc1cc(F)cc(Cl)c1.Cl. The summed E-state index contributed by atoms with van der Waals surface area (Å²) in [5.41, 5.74) is 0.887. The van der Waals surface area contributed by atoms with Crippen LogP contribution in [0.1, 0.15) is 18.9 Å². The van der Waals surface area contributed by atoms with Gasteiger partial charge in [-0.3, -0.25) is 0 Å². The summed E-state index contributed by atoms with van der Waals surface area (Å²) in [6.45, 7) is 3.70. The molecule has 0 saturated carbocycles. The van der Waals surface area contributed by atoms with Gasteiger partial charge in [0.1, 0.15) is 5.82 Å². The molecule has 0 spiro atoms. The zero-order chi connectivity index (χ0) is 9.68. The molecule has 1 rings (SSSR count). The summed E-state index contributed by atoms with van der Waals surface area (Å²) < 4.78 is 12.8. The zero-order valence-electron chi connectivity index (χ0n) is 8.02. The Hall–Kier alpha value is -0.310. The molecule has 1 nitrogen and oxygen atoms in total. The number of rotatable bonds is 4. The van der Waals surface area contributed by atoms with E-state index < -0.39 is 0 Å². The Kier molecular flexibility index (Phi) is 6.89. The van der Waals surface area contributed by atoms with E-state index >= 15 is 0 Å². The second kappa shape index (κ2) is 7.04. The second-order valence-corrected chi connectivity index (χ2v) is 3.39. The highest BCUT2D eigenvalue weighted by molar-refractivity contribution is 6.30. The zero-order valence-corrected chi connectivity index (χ0v) is 9.59. The van der Waals surface area contributed by atoms with Gasteiger partial charge >= 0.3 is 0 Å². The predicted octanol–water partition coefficient (Wildman–Crippen LogP) is 3.40. The number of nitrogens with one attached hydrogen (secondary N) is 1. The van der Waals surface area contributed by atoms with Crippen molar-refractivity contribution in [3.8, 4) is 0 Å². The van der Waals surface area contributed by atoms with Gasteiger partial charge in [0.05, 0.1) is 0 Å². The highest BCUT2D eigenvalue weighted by Crippen LogP contribution is 2.13. The summed E-state index contributed by atoms with van der Waals surface area (Å²) in [6.07, 6.45) is 1.07. The van der Waals surface area contributed by atoms with Gasteiger partial charge in [-0.2, -0.15) is 0 Å². The minimum Gasteiger partial charge on any atom is -0.313 e. The summed E-state index contributed by atoms with van der Waals surface area (Å²) in [5.74, 6) is -0.277. The van der Waals surface area contributed by atoms with Crippen molar-refractivity contribution < 1.29 is 4.39 Å². The molecule has 80 valence electrons. The van der Waals surface area contributed by atoms with Gasteiger partial charge in [0, 0.05) is 11.6 Å². The van der Waals surface area contributed by atoms with Crippen LogP contribution in [-0.4, -0.2) is 6.54 Å². The van der Waals surface area contributed by atoms with Crippen molar-refractivity contribution in [3.05, 3.63) is 34.6 Å². The lowest BCUT2D eigenvalue weighted by Crippen LogP contribution is -2.13. The van der Waals surface area contributed by atoms with Crippen molar-refractivity contribution in [2.75, 3.05) is 6.54 Å². The van der Waals surface area contributed by atoms with Gasteiger partial charge in [-0.05, 0) is 36.7 Å². The molecule has 1 aromatic carbocycles. The van der Waals surface area contributed by atoms with E-state index in [1.807, 2.05) is 0 Å². The fraction of sp³-hybridized carbons (Fsp3) is 0.400. The molecule has 14 heavy (non-hydrogen) atoms. The van der Waals surface area contributed by atoms with Crippen LogP contribution in [0.5, 0.6) is 0 Å². The van der Waals surface area contributed by atoms with E-state index in [4.69, 9.17) is 11.6 Å². The molecule has 0 atom stereocenters. The normalized spacial score (nSPS) is 9.64. The molecular weight excluding hydrogens is 224 g/mol. The fourth-order valence-corrected chi connectivity index (χ4v) is 1.37. The smallest absolute Gasteiger partial charge is 0.125 e. The first kappa shape index (κ1) is 13.7. The van der Waals surface area contributed by atoms with Crippen LogP contribution in [0.4, 0.5) is 4.39 Å². The van der Waals surface area contributed by atoms with Crippen molar-refractivity contribution in [1.29, 1.82) is 0 Å². The van der Waals surface area contributed by atoms with Crippen molar-refractivity contribution in [3.63, 3.8) is 0 Å². The third-order valence-electron chi connectivity index (χ3n) is 1.68. The molecule has 0 amide bonds. The Morgan fingerprint density at radius 3 is 2.64 bits per heavy atom. The first-order valence-corrected chi connectivity index (χ1v) is 4.76. The molecule has 0 aromatic heterocycles. The predicted molar refractivity (Wildman–Crippen MR) is 60.7 cm³/mol. The van der Waals surface area contributed by atoms with Crippen LogP contribution in [0.3, 0.4) is 0 Å². The Morgan fingerprint density at radius 1 is 1.36 bits per heavy atom.